The summed E-state index contributed by atoms with van der Waals surface area (Å²) in [7, 11) is 2.01. The van der Waals surface area contributed by atoms with E-state index in [-0.39, 0.29) is 5.41 Å². The first-order valence-corrected chi connectivity index (χ1v) is 9.89. The van der Waals surface area contributed by atoms with Crippen LogP contribution < -0.4 is 5.32 Å². The van der Waals surface area contributed by atoms with Gasteiger partial charge in [-0.3, -0.25) is 0 Å². The fraction of sp³-hybridized carbons (Fsp3) is 0.308. The average molecular weight is 356 g/mol. The summed E-state index contributed by atoms with van der Waals surface area (Å²) < 4.78 is 0. The molecule has 138 valence electrons. The molecule has 0 spiro atoms. The molecule has 4 rings (SSSR count). The standard InChI is InChI=1S/C26H29N/c1-17-8-6-7-9-21(17)25-18(2)10-12-24-22(25)15-20-14-19(16-27-5)11-13-23(20)26(24,3)4/h6-14,27H,15-16H2,1-5H3. The van der Waals surface area contributed by atoms with Crippen LogP contribution in [0.3, 0.4) is 0 Å². The number of nitrogens with one attached hydrogen (secondary N) is 1. The van der Waals surface area contributed by atoms with Gasteiger partial charge in [-0.05, 0) is 77.4 Å². The van der Waals surface area contributed by atoms with E-state index >= 15 is 0 Å². The van der Waals surface area contributed by atoms with Gasteiger partial charge in [0.05, 0.1) is 0 Å². The number of aryl methyl sites for hydroxylation is 2. The normalized spacial score (nSPS) is 14.6. The molecule has 3 aromatic carbocycles. The van der Waals surface area contributed by atoms with E-state index in [1.54, 1.807) is 0 Å². The fourth-order valence-corrected chi connectivity index (χ4v) is 4.82. The minimum atomic E-state index is 0.0201. The highest BCUT2D eigenvalue weighted by Gasteiger charge is 2.34. The summed E-state index contributed by atoms with van der Waals surface area (Å²) in [6, 6.07) is 20.5. The summed E-state index contributed by atoms with van der Waals surface area (Å²) >= 11 is 0. The van der Waals surface area contributed by atoms with E-state index in [0.29, 0.717) is 0 Å². The van der Waals surface area contributed by atoms with Crippen molar-refractivity contribution in [3.05, 3.63) is 93.5 Å². The van der Waals surface area contributed by atoms with Gasteiger partial charge in [-0.25, -0.2) is 0 Å². The van der Waals surface area contributed by atoms with Crippen molar-refractivity contribution in [3.63, 3.8) is 0 Å². The Morgan fingerprint density at radius 1 is 0.889 bits per heavy atom. The SMILES string of the molecule is CNCc1ccc2c(c1)Cc1c(ccc(C)c1-c1ccccc1C)C2(C)C. The van der Waals surface area contributed by atoms with Crippen LogP contribution in [0.5, 0.6) is 0 Å². The molecule has 27 heavy (non-hydrogen) atoms. The van der Waals surface area contributed by atoms with Gasteiger partial charge in [0.2, 0.25) is 0 Å². The third kappa shape index (κ3) is 2.91. The van der Waals surface area contributed by atoms with Gasteiger partial charge in [-0.2, -0.15) is 0 Å². The number of benzene rings is 3. The van der Waals surface area contributed by atoms with Crippen LogP contribution in [-0.2, 0) is 18.4 Å². The van der Waals surface area contributed by atoms with Crippen LogP contribution >= 0.6 is 0 Å². The molecule has 0 saturated carbocycles. The molecule has 0 unspecified atom stereocenters. The average Bonchev–Trinajstić information content (AvgIpc) is 2.63. The maximum absolute atomic E-state index is 3.28. The smallest absolute Gasteiger partial charge is 0.0202 e. The largest absolute Gasteiger partial charge is 0.316 e. The Morgan fingerprint density at radius 2 is 1.63 bits per heavy atom. The van der Waals surface area contributed by atoms with E-state index in [1.165, 1.54) is 50.1 Å². The molecular formula is C26H29N. The molecule has 1 heteroatoms. The third-order valence-electron chi connectivity index (χ3n) is 6.20. The first kappa shape index (κ1) is 18.0. The second-order valence-corrected chi connectivity index (χ2v) is 8.42. The van der Waals surface area contributed by atoms with Crippen molar-refractivity contribution in [1.29, 1.82) is 0 Å². The lowest BCUT2D eigenvalue weighted by Crippen LogP contribution is -2.28. The molecule has 0 atom stereocenters. The van der Waals surface area contributed by atoms with Gasteiger partial charge in [0.25, 0.3) is 0 Å². The van der Waals surface area contributed by atoms with Crippen LogP contribution in [0.2, 0.25) is 0 Å². The Hall–Kier alpha value is -2.38. The lowest BCUT2D eigenvalue weighted by Gasteiger charge is -2.37. The van der Waals surface area contributed by atoms with E-state index in [4.69, 9.17) is 0 Å². The van der Waals surface area contributed by atoms with Gasteiger partial charge in [-0.15, -0.1) is 0 Å². The number of rotatable bonds is 3. The highest BCUT2D eigenvalue weighted by atomic mass is 14.8. The molecule has 0 aromatic heterocycles. The number of hydrogen-bond donors (Lipinski definition) is 1. The molecule has 0 amide bonds. The molecule has 0 fully saturated rings. The summed E-state index contributed by atoms with van der Waals surface area (Å²) in [5.74, 6) is 0. The Bertz CT molecular complexity index is 1010. The first-order chi connectivity index (χ1) is 12.9. The second kappa shape index (κ2) is 6.65. The van der Waals surface area contributed by atoms with Crippen LogP contribution in [0.1, 0.15) is 52.8 Å². The third-order valence-corrected chi connectivity index (χ3v) is 6.20. The maximum atomic E-state index is 3.28. The molecule has 1 aliphatic rings. The lowest BCUT2D eigenvalue weighted by atomic mass is 9.66. The molecule has 0 saturated heterocycles. The molecule has 1 nitrogen and oxygen atoms in total. The molecule has 3 aromatic rings. The predicted molar refractivity (Wildman–Crippen MR) is 115 cm³/mol. The molecule has 0 bridgehead atoms. The summed E-state index contributed by atoms with van der Waals surface area (Å²) in [6.07, 6.45) is 1.01. The van der Waals surface area contributed by atoms with Gasteiger partial charge in [-0.1, -0.05) is 68.4 Å². The zero-order chi connectivity index (χ0) is 19.2. The molecule has 0 heterocycles. The van der Waals surface area contributed by atoms with E-state index in [9.17, 15) is 0 Å². The van der Waals surface area contributed by atoms with Crippen molar-refractivity contribution in [2.24, 2.45) is 0 Å². The minimum Gasteiger partial charge on any atom is -0.316 e. The summed E-state index contributed by atoms with van der Waals surface area (Å²) in [5.41, 5.74) is 12.8. The monoisotopic (exact) mass is 355 g/mol. The van der Waals surface area contributed by atoms with E-state index < -0.39 is 0 Å². The first-order valence-electron chi connectivity index (χ1n) is 9.89. The zero-order valence-electron chi connectivity index (χ0n) is 17.1. The predicted octanol–water partition coefficient (Wildman–Crippen LogP) is 5.92. The molecular weight excluding hydrogens is 326 g/mol. The van der Waals surface area contributed by atoms with E-state index in [0.717, 1.165) is 13.0 Å². The Kier molecular flexibility index (Phi) is 4.44. The van der Waals surface area contributed by atoms with Crippen LogP contribution in [-0.4, -0.2) is 7.05 Å². The zero-order valence-corrected chi connectivity index (χ0v) is 17.1. The highest BCUT2D eigenvalue weighted by Crippen LogP contribution is 2.46. The Balaban J connectivity index is 1.96. The summed E-state index contributed by atoms with van der Waals surface area (Å²) in [5, 5.41) is 3.28. The summed E-state index contributed by atoms with van der Waals surface area (Å²) in [6.45, 7) is 10.1. The van der Waals surface area contributed by atoms with Crippen molar-refractivity contribution in [3.8, 4) is 11.1 Å². The fourth-order valence-electron chi connectivity index (χ4n) is 4.82. The van der Waals surface area contributed by atoms with Crippen LogP contribution in [0.25, 0.3) is 11.1 Å². The quantitative estimate of drug-likeness (QED) is 0.615. The van der Waals surface area contributed by atoms with E-state index in [2.05, 4.69) is 87.6 Å². The highest BCUT2D eigenvalue weighted by molar-refractivity contribution is 5.77. The van der Waals surface area contributed by atoms with Crippen LogP contribution in [0.4, 0.5) is 0 Å². The number of fused-ring (bicyclic) bond motifs is 2. The second-order valence-electron chi connectivity index (χ2n) is 8.42. The molecule has 1 N–H and O–H groups in total. The minimum absolute atomic E-state index is 0.0201. The van der Waals surface area contributed by atoms with Gasteiger partial charge >= 0.3 is 0 Å². The number of hydrogen-bond acceptors (Lipinski definition) is 1. The van der Waals surface area contributed by atoms with Crippen LogP contribution in [0, 0.1) is 13.8 Å². The van der Waals surface area contributed by atoms with Crippen molar-refractivity contribution in [2.75, 3.05) is 7.05 Å². The molecule has 0 radical (unpaired) electrons. The topological polar surface area (TPSA) is 12.0 Å². The van der Waals surface area contributed by atoms with Crippen molar-refractivity contribution >= 4 is 0 Å². The maximum Gasteiger partial charge on any atom is 0.0202 e. The van der Waals surface area contributed by atoms with Gasteiger partial charge in [0, 0.05) is 12.0 Å². The lowest BCUT2D eigenvalue weighted by molar-refractivity contribution is 0.610. The van der Waals surface area contributed by atoms with Gasteiger partial charge in [0.15, 0.2) is 0 Å². The van der Waals surface area contributed by atoms with Gasteiger partial charge in [0.1, 0.15) is 0 Å². The van der Waals surface area contributed by atoms with Crippen LogP contribution in [0.15, 0.2) is 54.6 Å². The molecule has 1 aliphatic carbocycles. The van der Waals surface area contributed by atoms with E-state index in [1.807, 2.05) is 7.05 Å². The molecule has 0 aliphatic heterocycles. The van der Waals surface area contributed by atoms with Crippen molar-refractivity contribution in [2.45, 2.75) is 46.1 Å². The van der Waals surface area contributed by atoms with Gasteiger partial charge < -0.3 is 5.32 Å². The summed E-state index contributed by atoms with van der Waals surface area (Å²) in [4.78, 5) is 0. The van der Waals surface area contributed by atoms with Crippen molar-refractivity contribution in [1.82, 2.24) is 5.32 Å². The van der Waals surface area contributed by atoms with Crippen molar-refractivity contribution < 1.29 is 0 Å². The Labute approximate surface area is 163 Å². The Morgan fingerprint density at radius 3 is 2.37 bits per heavy atom.